The van der Waals surface area contributed by atoms with E-state index in [9.17, 15) is 0 Å². The molecule has 1 unspecified atom stereocenters. The molecule has 4 N–H and O–H groups in total. The highest BCUT2D eigenvalue weighted by Gasteiger charge is 2.23. The van der Waals surface area contributed by atoms with Gasteiger partial charge in [-0.05, 0) is 42.8 Å². The highest BCUT2D eigenvalue weighted by molar-refractivity contribution is 6.09. The van der Waals surface area contributed by atoms with Crippen LogP contribution in [0, 0.1) is 6.92 Å². The quantitative estimate of drug-likeness (QED) is 0.587. The van der Waals surface area contributed by atoms with Crippen LogP contribution in [0.5, 0.6) is 0 Å². The number of aromatic amines is 1. The molecule has 2 aromatic heterocycles. The molecule has 0 bridgehead atoms. The minimum atomic E-state index is -0.194. The lowest BCUT2D eigenvalue weighted by molar-refractivity contribution is 0.800. The number of amidine groups is 1. The standard InChI is InChI=1S/C19H20N6/c1-12-3-4-14(20-2)11-16(12)24-19-17-15(7-10-22-17)23-18(25-19)13-5-8-21-9-6-13/h3-11,19-20,22,24H,1-2H3,(H,23,25). The largest absolute Gasteiger partial charge is 0.388 e. The minimum absolute atomic E-state index is 0.194. The molecule has 3 heterocycles. The van der Waals surface area contributed by atoms with Crippen molar-refractivity contribution in [3.8, 4) is 0 Å². The van der Waals surface area contributed by atoms with Gasteiger partial charge < -0.3 is 20.9 Å². The van der Waals surface area contributed by atoms with Crippen LogP contribution in [-0.2, 0) is 0 Å². The molecule has 0 fully saturated rings. The number of fused-ring (bicyclic) bond motifs is 1. The first-order valence-corrected chi connectivity index (χ1v) is 8.22. The second-order valence-electron chi connectivity index (χ2n) is 5.97. The van der Waals surface area contributed by atoms with Gasteiger partial charge in [-0.3, -0.25) is 4.98 Å². The first kappa shape index (κ1) is 15.3. The number of aryl methyl sites for hydroxylation is 1. The number of aromatic nitrogens is 2. The Morgan fingerprint density at radius 2 is 1.92 bits per heavy atom. The van der Waals surface area contributed by atoms with E-state index in [2.05, 4.69) is 51.0 Å². The van der Waals surface area contributed by atoms with E-state index in [1.54, 1.807) is 12.4 Å². The molecule has 6 nitrogen and oxygen atoms in total. The van der Waals surface area contributed by atoms with E-state index < -0.39 is 0 Å². The van der Waals surface area contributed by atoms with Crippen LogP contribution in [-0.4, -0.2) is 22.9 Å². The lowest BCUT2D eigenvalue weighted by atomic mass is 10.1. The number of pyridine rings is 1. The Hall–Kier alpha value is -3.28. The van der Waals surface area contributed by atoms with Crippen LogP contribution in [0.15, 0.2) is 60.0 Å². The molecule has 3 aromatic rings. The Balaban J connectivity index is 1.71. The van der Waals surface area contributed by atoms with Crippen LogP contribution in [0.3, 0.4) is 0 Å². The summed E-state index contributed by atoms with van der Waals surface area (Å²) in [5.41, 5.74) is 6.35. The van der Waals surface area contributed by atoms with E-state index in [4.69, 9.17) is 4.99 Å². The summed E-state index contributed by atoms with van der Waals surface area (Å²) in [6, 6.07) is 12.2. The Bertz CT molecular complexity index is 913. The van der Waals surface area contributed by atoms with Gasteiger partial charge in [-0.25, -0.2) is 4.99 Å². The van der Waals surface area contributed by atoms with E-state index in [1.165, 1.54) is 5.56 Å². The number of nitrogens with one attached hydrogen (secondary N) is 4. The van der Waals surface area contributed by atoms with Gasteiger partial charge in [0.15, 0.2) is 6.17 Å². The summed E-state index contributed by atoms with van der Waals surface area (Å²) in [6.07, 6.45) is 5.28. The smallest absolute Gasteiger partial charge is 0.164 e. The molecule has 1 aromatic carbocycles. The molecule has 0 amide bonds. The fourth-order valence-corrected chi connectivity index (χ4v) is 2.91. The summed E-state index contributed by atoms with van der Waals surface area (Å²) in [5, 5.41) is 10.1. The second-order valence-corrected chi connectivity index (χ2v) is 5.97. The number of H-pyrrole nitrogens is 1. The molecular weight excluding hydrogens is 312 g/mol. The zero-order valence-electron chi connectivity index (χ0n) is 14.2. The van der Waals surface area contributed by atoms with E-state index in [0.29, 0.717) is 0 Å². The minimum Gasteiger partial charge on any atom is -0.388 e. The fourth-order valence-electron chi connectivity index (χ4n) is 2.91. The van der Waals surface area contributed by atoms with Crippen molar-refractivity contribution in [3.05, 3.63) is 71.8 Å². The predicted molar refractivity (Wildman–Crippen MR) is 102 cm³/mol. The van der Waals surface area contributed by atoms with Crippen molar-refractivity contribution in [2.75, 3.05) is 23.0 Å². The van der Waals surface area contributed by atoms with E-state index in [0.717, 1.165) is 34.2 Å². The molecule has 1 aliphatic heterocycles. The molecule has 0 spiro atoms. The number of anilines is 3. The first-order valence-electron chi connectivity index (χ1n) is 8.22. The Morgan fingerprint density at radius 3 is 2.72 bits per heavy atom. The van der Waals surface area contributed by atoms with Gasteiger partial charge in [0.2, 0.25) is 0 Å². The van der Waals surface area contributed by atoms with Crippen LogP contribution < -0.4 is 16.0 Å². The van der Waals surface area contributed by atoms with Crippen LogP contribution in [0.25, 0.3) is 0 Å². The number of hydrogen-bond acceptors (Lipinski definition) is 5. The zero-order chi connectivity index (χ0) is 17.2. The Kier molecular flexibility index (Phi) is 3.85. The normalized spacial score (nSPS) is 15.8. The molecule has 1 aliphatic rings. The van der Waals surface area contributed by atoms with Gasteiger partial charge in [0, 0.05) is 42.6 Å². The Morgan fingerprint density at radius 1 is 1.08 bits per heavy atom. The second kappa shape index (κ2) is 6.32. The van der Waals surface area contributed by atoms with E-state index in [-0.39, 0.29) is 6.17 Å². The van der Waals surface area contributed by atoms with Crippen molar-refractivity contribution in [2.24, 2.45) is 4.99 Å². The van der Waals surface area contributed by atoms with Gasteiger partial charge in [0.1, 0.15) is 5.84 Å². The molecule has 0 aliphatic carbocycles. The first-order chi connectivity index (χ1) is 12.2. The number of hydrogen-bond donors (Lipinski definition) is 4. The van der Waals surface area contributed by atoms with Crippen molar-refractivity contribution in [3.63, 3.8) is 0 Å². The molecular formula is C19H20N6. The van der Waals surface area contributed by atoms with Crippen molar-refractivity contribution in [2.45, 2.75) is 13.1 Å². The van der Waals surface area contributed by atoms with Gasteiger partial charge in [0.25, 0.3) is 0 Å². The van der Waals surface area contributed by atoms with Gasteiger partial charge in [-0.1, -0.05) is 6.07 Å². The SMILES string of the molecule is CNc1ccc(C)c(NC2N=C(c3ccncc3)Nc3cc[nH]c32)c1. The average molecular weight is 332 g/mol. The van der Waals surface area contributed by atoms with E-state index >= 15 is 0 Å². The third-order valence-electron chi connectivity index (χ3n) is 4.34. The third kappa shape index (κ3) is 2.94. The van der Waals surface area contributed by atoms with Crippen molar-refractivity contribution < 1.29 is 0 Å². The lowest BCUT2D eigenvalue weighted by Crippen LogP contribution is -2.24. The van der Waals surface area contributed by atoms with Crippen LogP contribution in [0.1, 0.15) is 23.0 Å². The van der Waals surface area contributed by atoms with Gasteiger partial charge in [-0.2, -0.15) is 0 Å². The molecule has 0 saturated heterocycles. The monoisotopic (exact) mass is 332 g/mol. The maximum atomic E-state index is 4.87. The van der Waals surface area contributed by atoms with E-state index in [1.807, 2.05) is 31.4 Å². The van der Waals surface area contributed by atoms with Gasteiger partial charge >= 0.3 is 0 Å². The number of rotatable bonds is 4. The van der Waals surface area contributed by atoms with Gasteiger partial charge in [-0.15, -0.1) is 0 Å². The summed E-state index contributed by atoms with van der Waals surface area (Å²) in [7, 11) is 1.92. The Labute approximate surface area is 146 Å². The van der Waals surface area contributed by atoms with Crippen LogP contribution in [0.4, 0.5) is 17.1 Å². The molecule has 126 valence electrons. The highest BCUT2D eigenvalue weighted by atomic mass is 15.2. The third-order valence-corrected chi connectivity index (χ3v) is 4.34. The molecule has 4 rings (SSSR count). The van der Waals surface area contributed by atoms with Crippen molar-refractivity contribution in [1.82, 2.24) is 9.97 Å². The summed E-state index contributed by atoms with van der Waals surface area (Å²) >= 11 is 0. The summed E-state index contributed by atoms with van der Waals surface area (Å²) in [5.74, 6) is 0.828. The maximum absolute atomic E-state index is 4.87. The van der Waals surface area contributed by atoms with Crippen molar-refractivity contribution in [1.29, 1.82) is 0 Å². The summed E-state index contributed by atoms with van der Waals surface area (Å²) < 4.78 is 0. The maximum Gasteiger partial charge on any atom is 0.164 e. The molecule has 1 atom stereocenters. The molecule has 6 heteroatoms. The number of aliphatic imine (C=N–C) groups is 1. The lowest BCUT2D eigenvalue weighted by Gasteiger charge is -2.25. The number of nitrogens with zero attached hydrogens (tertiary/aromatic N) is 2. The number of benzene rings is 1. The summed E-state index contributed by atoms with van der Waals surface area (Å²) in [4.78, 5) is 12.2. The topological polar surface area (TPSA) is 77.1 Å². The van der Waals surface area contributed by atoms with Gasteiger partial charge in [0.05, 0.1) is 11.4 Å². The summed E-state index contributed by atoms with van der Waals surface area (Å²) in [6.45, 7) is 2.09. The van der Waals surface area contributed by atoms with Crippen molar-refractivity contribution >= 4 is 22.9 Å². The fraction of sp³-hybridized carbons (Fsp3) is 0.158. The molecule has 25 heavy (non-hydrogen) atoms. The molecule has 0 radical (unpaired) electrons. The molecule has 0 saturated carbocycles. The van der Waals surface area contributed by atoms with Crippen LogP contribution >= 0.6 is 0 Å². The van der Waals surface area contributed by atoms with Crippen LogP contribution in [0.2, 0.25) is 0 Å². The zero-order valence-corrected chi connectivity index (χ0v) is 14.2. The predicted octanol–water partition coefficient (Wildman–Crippen LogP) is 3.74. The highest BCUT2D eigenvalue weighted by Crippen LogP contribution is 2.32. The average Bonchev–Trinajstić information content (AvgIpc) is 3.13.